The summed E-state index contributed by atoms with van der Waals surface area (Å²) in [5.41, 5.74) is 1.89. The van der Waals surface area contributed by atoms with E-state index < -0.39 is 29.3 Å². The second-order valence-corrected chi connectivity index (χ2v) is 10.9. The monoisotopic (exact) mass is 553 g/mol. The SMILES string of the molecule is Cc1cccn2c(=O)c3c(nc12)N1CCc2ccccc2[C@H]1[C@]1(C3)C(=O)NC(=O)N(Cc2ccccc2Cl)C1=O. The van der Waals surface area contributed by atoms with Crippen LogP contribution in [0, 0.1) is 12.3 Å². The quantitative estimate of drug-likeness (QED) is 0.381. The average molecular weight is 554 g/mol. The van der Waals surface area contributed by atoms with Crippen molar-refractivity contribution >= 4 is 40.9 Å². The number of pyridine rings is 1. The van der Waals surface area contributed by atoms with Crippen molar-refractivity contribution < 1.29 is 14.4 Å². The van der Waals surface area contributed by atoms with Crippen molar-refractivity contribution in [2.24, 2.45) is 5.41 Å². The molecule has 1 fully saturated rings. The van der Waals surface area contributed by atoms with Gasteiger partial charge in [0.15, 0.2) is 5.41 Å². The molecular formula is C30H24ClN5O4. The first kappa shape index (κ1) is 24.5. The summed E-state index contributed by atoms with van der Waals surface area (Å²) in [5.74, 6) is -0.907. The van der Waals surface area contributed by atoms with E-state index in [2.05, 4.69) is 5.32 Å². The Balaban J connectivity index is 1.48. The minimum atomic E-state index is -1.78. The van der Waals surface area contributed by atoms with Crippen LogP contribution in [-0.4, -0.2) is 38.7 Å². The summed E-state index contributed by atoms with van der Waals surface area (Å²) in [6, 6.07) is 16.7. The number of hydrogen-bond acceptors (Lipinski definition) is 6. The van der Waals surface area contributed by atoms with Gasteiger partial charge in [0, 0.05) is 24.2 Å². The maximum absolute atomic E-state index is 14.6. The number of rotatable bonds is 2. The Labute approximate surface area is 234 Å². The molecule has 3 aliphatic heterocycles. The van der Waals surface area contributed by atoms with Crippen LogP contribution in [0.3, 0.4) is 0 Å². The molecule has 0 saturated carbocycles. The summed E-state index contributed by atoms with van der Waals surface area (Å²) in [7, 11) is 0. The molecule has 4 amide bonds. The normalized spacial score (nSPS) is 21.8. The summed E-state index contributed by atoms with van der Waals surface area (Å²) < 4.78 is 1.46. The summed E-state index contributed by atoms with van der Waals surface area (Å²) in [6.45, 7) is 2.22. The molecule has 7 rings (SSSR count). The first-order chi connectivity index (χ1) is 19.3. The number of fused-ring (bicyclic) bond motifs is 7. The molecule has 1 spiro atoms. The minimum Gasteiger partial charge on any atom is -0.347 e. The van der Waals surface area contributed by atoms with Crippen LogP contribution in [0.1, 0.15) is 33.9 Å². The number of imide groups is 2. The topological polar surface area (TPSA) is 104 Å². The van der Waals surface area contributed by atoms with Crippen LogP contribution in [0.5, 0.6) is 0 Å². The van der Waals surface area contributed by atoms with Gasteiger partial charge in [-0.3, -0.25) is 29.0 Å². The highest BCUT2D eigenvalue weighted by atomic mass is 35.5. The number of aromatic nitrogens is 2. The van der Waals surface area contributed by atoms with E-state index in [0.717, 1.165) is 21.6 Å². The molecule has 2 aromatic heterocycles. The van der Waals surface area contributed by atoms with E-state index in [4.69, 9.17) is 16.6 Å². The number of carbonyl (C=O) groups excluding carboxylic acids is 3. The molecular weight excluding hydrogens is 530 g/mol. The number of carbonyl (C=O) groups is 3. The maximum atomic E-state index is 14.6. The second-order valence-electron chi connectivity index (χ2n) is 10.5. The third-order valence-corrected chi connectivity index (χ3v) is 8.75. The largest absolute Gasteiger partial charge is 0.347 e. The second kappa shape index (κ2) is 8.76. The molecule has 5 heterocycles. The zero-order valence-electron chi connectivity index (χ0n) is 21.6. The fourth-order valence-electron chi connectivity index (χ4n) is 6.46. The molecule has 200 valence electrons. The molecule has 1 saturated heterocycles. The fraction of sp³-hybridized carbons (Fsp3) is 0.233. The van der Waals surface area contributed by atoms with Gasteiger partial charge in [-0.25, -0.2) is 9.78 Å². The van der Waals surface area contributed by atoms with Crippen LogP contribution in [0.25, 0.3) is 5.65 Å². The Bertz CT molecular complexity index is 1830. The number of hydrogen-bond donors (Lipinski definition) is 1. The first-order valence-electron chi connectivity index (χ1n) is 13.1. The van der Waals surface area contributed by atoms with Gasteiger partial charge in [-0.1, -0.05) is 60.1 Å². The van der Waals surface area contributed by atoms with E-state index in [1.54, 1.807) is 36.5 Å². The number of urea groups is 1. The predicted molar refractivity (Wildman–Crippen MR) is 148 cm³/mol. The summed E-state index contributed by atoms with van der Waals surface area (Å²) in [4.78, 5) is 63.5. The standard InChI is InChI=1S/C30H24ClN5O4/c1-17-7-6-13-35-24(17)32-25-21(26(35)37)15-30(23-20-10-4-2-8-18(20)12-14-34(23)25)27(38)33-29(40)36(28(30)39)16-19-9-3-5-11-22(19)31/h2-11,13,23H,12,14-16H2,1H3,(H,33,38,40)/t23-,30+/m0/s1. The lowest BCUT2D eigenvalue weighted by Crippen LogP contribution is -2.70. The highest BCUT2D eigenvalue weighted by Gasteiger charge is 2.64. The van der Waals surface area contributed by atoms with E-state index in [-0.39, 0.29) is 24.1 Å². The molecule has 9 nitrogen and oxygen atoms in total. The van der Waals surface area contributed by atoms with Crippen LogP contribution in [0.4, 0.5) is 10.6 Å². The summed E-state index contributed by atoms with van der Waals surface area (Å²) in [6.07, 6.45) is 2.09. The molecule has 4 aromatic rings. The predicted octanol–water partition coefficient (Wildman–Crippen LogP) is 3.58. The Morgan fingerprint density at radius 2 is 1.80 bits per heavy atom. The van der Waals surface area contributed by atoms with Gasteiger partial charge >= 0.3 is 6.03 Å². The number of halogens is 1. The fourth-order valence-corrected chi connectivity index (χ4v) is 6.66. The average Bonchev–Trinajstić information content (AvgIpc) is 2.95. The molecule has 1 N–H and O–H groups in total. The number of amides is 4. The molecule has 0 aliphatic carbocycles. The van der Waals surface area contributed by atoms with Gasteiger partial charge in [0.05, 0.1) is 18.2 Å². The van der Waals surface area contributed by atoms with Crippen molar-refractivity contribution in [2.45, 2.75) is 32.4 Å². The van der Waals surface area contributed by atoms with Gasteiger partial charge in [-0.05, 0) is 47.7 Å². The van der Waals surface area contributed by atoms with E-state index in [0.29, 0.717) is 35.0 Å². The highest BCUT2D eigenvalue weighted by molar-refractivity contribution is 6.31. The van der Waals surface area contributed by atoms with Crippen molar-refractivity contribution in [3.8, 4) is 0 Å². The molecule has 0 unspecified atom stereocenters. The molecule has 2 aromatic carbocycles. The Morgan fingerprint density at radius 3 is 2.62 bits per heavy atom. The van der Waals surface area contributed by atoms with E-state index in [1.165, 1.54) is 4.40 Å². The van der Waals surface area contributed by atoms with Gasteiger partial charge in [0.1, 0.15) is 11.5 Å². The molecule has 0 radical (unpaired) electrons. The smallest absolute Gasteiger partial charge is 0.331 e. The Hall–Kier alpha value is -4.50. The van der Waals surface area contributed by atoms with Crippen LogP contribution in [-0.2, 0) is 29.0 Å². The lowest BCUT2D eigenvalue weighted by molar-refractivity contribution is -0.154. The van der Waals surface area contributed by atoms with Gasteiger partial charge in [-0.2, -0.15) is 0 Å². The van der Waals surface area contributed by atoms with E-state index >= 15 is 0 Å². The highest BCUT2D eigenvalue weighted by Crippen LogP contribution is 2.53. The Kier molecular flexibility index (Phi) is 5.37. The summed E-state index contributed by atoms with van der Waals surface area (Å²) in [5, 5.41) is 2.85. The minimum absolute atomic E-state index is 0.116. The Morgan fingerprint density at radius 1 is 1.02 bits per heavy atom. The summed E-state index contributed by atoms with van der Waals surface area (Å²) >= 11 is 6.38. The molecule has 2 atom stereocenters. The van der Waals surface area contributed by atoms with Crippen LogP contribution >= 0.6 is 11.6 Å². The number of nitrogens with one attached hydrogen (secondary N) is 1. The third kappa shape index (κ3) is 3.30. The number of aryl methyl sites for hydroxylation is 1. The first-order valence-corrected chi connectivity index (χ1v) is 13.4. The van der Waals surface area contributed by atoms with Crippen molar-refractivity contribution in [3.63, 3.8) is 0 Å². The van der Waals surface area contributed by atoms with E-state index in [1.807, 2.05) is 42.2 Å². The van der Waals surface area contributed by atoms with Crippen molar-refractivity contribution in [1.29, 1.82) is 0 Å². The van der Waals surface area contributed by atoms with Gasteiger partial charge in [-0.15, -0.1) is 0 Å². The maximum Gasteiger partial charge on any atom is 0.331 e. The van der Waals surface area contributed by atoms with Gasteiger partial charge in [0.2, 0.25) is 11.8 Å². The number of benzene rings is 2. The molecule has 10 heteroatoms. The third-order valence-electron chi connectivity index (χ3n) is 8.38. The van der Waals surface area contributed by atoms with Crippen LogP contribution in [0.2, 0.25) is 5.02 Å². The van der Waals surface area contributed by atoms with Gasteiger partial charge in [0.25, 0.3) is 5.56 Å². The number of nitrogens with zero attached hydrogens (tertiary/aromatic N) is 4. The lowest BCUT2D eigenvalue weighted by atomic mass is 9.65. The molecule has 3 aliphatic rings. The number of barbiturate groups is 1. The van der Waals surface area contributed by atoms with Crippen molar-refractivity contribution in [1.82, 2.24) is 19.6 Å². The van der Waals surface area contributed by atoms with Gasteiger partial charge < -0.3 is 4.90 Å². The van der Waals surface area contributed by atoms with E-state index in [9.17, 15) is 19.2 Å². The lowest BCUT2D eigenvalue weighted by Gasteiger charge is -2.53. The number of anilines is 1. The van der Waals surface area contributed by atoms with Crippen LogP contribution < -0.4 is 15.8 Å². The zero-order valence-corrected chi connectivity index (χ0v) is 22.3. The van der Waals surface area contributed by atoms with Crippen LogP contribution in [0.15, 0.2) is 71.7 Å². The van der Waals surface area contributed by atoms with Crippen molar-refractivity contribution in [2.75, 3.05) is 11.4 Å². The van der Waals surface area contributed by atoms with Crippen molar-refractivity contribution in [3.05, 3.63) is 110 Å². The molecule has 0 bridgehead atoms. The zero-order chi connectivity index (χ0) is 27.8. The molecule has 40 heavy (non-hydrogen) atoms.